The molecule has 0 aromatic heterocycles. The van der Waals surface area contributed by atoms with Crippen molar-refractivity contribution in [3.63, 3.8) is 0 Å². The Morgan fingerprint density at radius 3 is 2.68 bits per heavy atom. The molecule has 1 aliphatic heterocycles. The van der Waals surface area contributed by atoms with Crippen LogP contribution in [0.2, 0.25) is 0 Å². The van der Waals surface area contributed by atoms with Gasteiger partial charge < -0.3 is 4.74 Å². The van der Waals surface area contributed by atoms with Gasteiger partial charge in [0.05, 0.1) is 9.47 Å². The van der Waals surface area contributed by atoms with E-state index < -0.39 is 16.4 Å². The van der Waals surface area contributed by atoms with Gasteiger partial charge in [-0.15, -0.1) is 0 Å². The highest BCUT2D eigenvalue weighted by molar-refractivity contribution is 14.1. The summed E-state index contributed by atoms with van der Waals surface area (Å²) in [5.74, 6) is -0.497. The first-order valence-electron chi connectivity index (χ1n) is 5.99. The highest BCUT2D eigenvalue weighted by atomic mass is 127. The molecule has 5 nitrogen and oxygen atoms in total. The summed E-state index contributed by atoms with van der Waals surface area (Å²) < 4.78 is 20.1. The van der Waals surface area contributed by atoms with Crippen molar-refractivity contribution in [2.24, 2.45) is 0 Å². The third-order valence-electron chi connectivity index (χ3n) is 3.12. The fourth-order valence-electron chi connectivity index (χ4n) is 2.05. The summed E-state index contributed by atoms with van der Waals surface area (Å²) in [4.78, 5) is 12.1. The molecule has 0 spiro atoms. The monoisotopic (exact) mass is 380 g/mol. The number of nitro benzene ring substituents is 1. The molecule has 104 valence electrons. The first kappa shape index (κ1) is 14.4. The first-order chi connectivity index (χ1) is 9.10. The van der Waals surface area contributed by atoms with Gasteiger partial charge in [0.1, 0.15) is 11.9 Å². The molecular formula is C12H14FIN2O3. The van der Waals surface area contributed by atoms with Crippen LogP contribution in [-0.4, -0.2) is 33.6 Å². The van der Waals surface area contributed by atoms with Crippen molar-refractivity contribution in [2.45, 2.75) is 18.9 Å². The molecule has 1 heterocycles. The minimum Gasteiger partial charge on any atom is -0.490 e. The topological polar surface area (TPSA) is 55.6 Å². The lowest BCUT2D eigenvalue weighted by molar-refractivity contribution is -0.387. The number of nitrogens with zero attached hydrogens (tertiary/aromatic N) is 2. The van der Waals surface area contributed by atoms with E-state index in [1.54, 1.807) is 0 Å². The minimum atomic E-state index is -0.854. The molecule has 1 fully saturated rings. The van der Waals surface area contributed by atoms with E-state index in [9.17, 15) is 14.5 Å². The smallest absolute Gasteiger partial charge is 0.305 e. The van der Waals surface area contributed by atoms with Crippen molar-refractivity contribution in [3.05, 3.63) is 34.1 Å². The normalized spacial score (nSPS) is 17.4. The Hall–Kier alpha value is -0.960. The van der Waals surface area contributed by atoms with Gasteiger partial charge in [-0.3, -0.25) is 15.0 Å². The molecule has 19 heavy (non-hydrogen) atoms. The van der Waals surface area contributed by atoms with Gasteiger partial charge in [-0.2, -0.15) is 4.39 Å². The quantitative estimate of drug-likeness (QED) is 0.265. The lowest BCUT2D eigenvalue weighted by Crippen LogP contribution is -2.37. The number of rotatable bonds is 4. The van der Waals surface area contributed by atoms with Gasteiger partial charge in [0.15, 0.2) is 0 Å². The zero-order valence-electron chi connectivity index (χ0n) is 10.2. The lowest BCUT2D eigenvalue weighted by Gasteiger charge is -2.30. The molecule has 0 unspecified atom stereocenters. The van der Waals surface area contributed by atoms with Gasteiger partial charge in [-0.1, -0.05) is 22.6 Å². The van der Waals surface area contributed by atoms with Crippen LogP contribution in [0.4, 0.5) is 10.1 Å². The van der Waals surface area contributed by atoms with E-state index in [-0.39, 0.29) is 6.10 Å². The zero-order valence-corrected chi connectivity index (χ0v) is 12.4. The number of piperidine rings is 1. The summed E-state index contributed by atoms with van der Waals surface area (Å²) in [6.07, 6.45) is 1.84. The minimum absolute atomic E-state index is 0.0556. The molecule has 7 heteroatoms. The molecule has 0 N–H and O–H groups in total. The Morgan fingerprint density at radius 2 is 2.16 bits per heavy atom. The highest BCUT2D eigenvalue weighted by Gasteiger charge is 2.21. The van der Waals surface area contributed by atoms with E-state index in [2.05, 4.69) is 27.5 Å². The fraction of sp³-hybridized carbons (Fsp3) is 0.500. The molecule has 1 aliphatic rings. The van der Waals surface area contributed by atoms with Crippen LogP contribution in [0.1, 0.15) is 12.8 Å². The third-order valence-corrected chi connectivity index (χ3v) is 4.09. The van der Waals surface area contributed by atoms with Crippen LogP contribution in [0, 0.1) is 15.9 Å². The second kappa shape index (κ2) is 6.47. The van der Waals surface area contributed by atoms with E-state index in [4.69, 9.17) is 4.74 Å². The van der Waals surface area contributed by atoms with Gasteiger partial charge >= 0.3 is 5.69 Å². The number of alkyl halides is 1. The Bertz CT molecular complexity index is 464. The summed E-state index contributed by atoms with van der Waals surface area (Å²) in [5.41, 5.74) is -0.521. The maximum Gasteiger partial charge on any atom is 0.305 e. The molecule has 1 saturated heterocycles. The molecule has 0 bridgehead atoms. The van der Waals surface area contributed by atoms with E-state index in [0.29, 0.717) is 5.75 Å². The van der Waals surface area contributed by atoms with Gasteiger partial charge in [0.2, 0.25) is 5.82 Å². The Kier molecular flexibility index (Phi) is 4.92. The number of halogens is 2. The number of nitro groups is 1. The lowest BCUT2D eigenvalue weighted by atomic mass is 10.1. The molecule has 0 aliphatic carbocycles. The summed E-state index contributed by atoms with van der Waals surface area (Å²) in [6, 6.07) is 3.68. The van der Waals surface area contributed by atoms with E-state index in [0.717, 1.165) is 42.6 Å². The van der Waals surface area contributed by atoms with Gasteiger partial charge in [0.25, 0.3) is 0 Å². The maximum atomic E-state index is 13.4. The zero-order chi connectivity index (χ0) is 13.8. The van der Waals surface area contributed by atoms with E-state index in [1.807, 2.05) is 0 Å². The van der Waals surface area contributed by atoms with Crippen molar-refractivity contribution in [3.8, 4) is 5.75 Å². The maximum absolute atomic E-state index is 13.4. The van der Waals surface area contributed by atoms with Crippen LogP contribution in [0.25, 0.3) is 0 Å². The second-order valence-electron chi connectivity index (χ2n) is 4.43. The fourth-order valence-corrected chi connectivity index (χ4v) is 2.73. The second-order valence-corrected chi connectivity index (χ2v) is 5.11. The number of hydrogen-bond acceptors (Lipinski definition) is 4. The van der Waals surface area contributed by atoms with Crippen molar-refractivity contribution < 1.29 is 14.1 Å². The van der Waals surface area contributed by atoms with Crippen molar-refractivity contribution in [2.75, 3.05) is 17.6 Å². The van der Waals surface area contributed by atoms with Gasteiger partial charge in [-0.05, 0) is 18.9 Å². The molecule has 2 rings (SSSR count). The predicted octanol–water partition coefficient (Wildman–Crippen LogP) is 2.97. The summed E-state index contributed by atoms with van der Waals surface area (Å²) in [5, 5.41) is 10.5. The van der Waals surface area contributed by atoms with Crippen LogP contribution in [0.15, 0.2) is 18.2 Å². The molecular weight excluding hydrogens is 366 g/mol. The van der Waals surface area contributed by atoms with Crippen LogP contribution in [-0.2, 0) is 0 Å². The standard InChI is InChI=1S/C12H14FIN2O3/c13-11-7-10(1-2-12(11)16(17)18)19-9-3-5-15(8-14)6-4-9/h1-2,7,9H,3-6,8H2. The molecule has 1 aromatic carbocycles. The number of ether oxygens (including phenoxy) is 1. The molecule has 0 atom stereocenters. The molecule has 1 aromatic rings. The van der Waals surface area contributed by atoms with Gasteiger partial charge in [0, 0.05) is 25.2 Å². The van der Waals surface area contributed by atoms with Crippen LogP contribution < -0.4 is 4.74 Å². The van der Waals surface area contributed by atoms with Crippen molar-refractivity contribution in [1.82, 2.24) is 4.90 Å². The van der Waals surface area contributed by atoms with Crippen molar-refractivity contribution >= 4 is 28.3 Å². The van der Waals surface area contributed by atoms with Crippen LogP contribution >= 0.6 is 22.6 Å². The van der Waals surface area contributed by atoms with Crippen LogP contribution in [0.5, 0.6) is 5.75 Å². The SMILES string of the molecule is O=[N+]([O-])c1ccc(OC2CCN(CI)CC2)cc1F. The van der Waals surface area contributed by atoms with Gasteiger partial charge in [-0.25, -0.2) is 0 Å². The summed E-state index contributed by atoms with van der Waals surface area (Å²) in [6.45, 7) is 1.92. The van der Waals surface area contributed by atoms with E-state index >= 15 is 0 Å². The molecule has 0 radical (unpaired) electrons. The molecule has 0 amide bonds. The number of hydrogen-bond donors (Lipinski definition) is 0. The largest absolute Gasteiger partial charge is 0.490 e. The summed E-state index contributed by atoms with van der Waals surface area (Å²) in [7, 11) is 0. The number of likely N-dealkylation sites (tertiary alicyclic amines) is 1. The van der Waals surface area contributed by atoms with Crippen molar-refractivity contribution in [1.29, 1.82) is 0 Å². The average molecular weight is 380 g/mol. The number of benzene rings is 1. The Labute approximate surface area is 124 Å². The van der Waals surface area contributed by atoms with Crippen LogP contribution in [0.3, 0.4) is 0 Å². The molecule has 0 saturated carbocycles. The predicted molar refractivity (Wildman–Crippen MR) is 77.2 cm³/mol. The summed E-state index contributed by atoms with van der Waals surface area (Å²) >= 11 is 2.32. The average Bonchev–Trinajstić information content (AvgIpc) is 2.39. The highest BCUT2D eigenvalue weighted by Crippen LogP contribution is 2.25. The van der Waals surface area contributed by atoms with E-state index in [1.165, 1.54) is 6.07 Å². The third kappa shape index (κ3) is 3.75. The Balaban J connectivity index is 1.97. The Morgan fingerprint density at radius 1 is 1.47 bits per heavy atom. The first-order valence-corrected chi connectivity index (χ1v) is 7.51.